The molecule has 0 aliphatic carbocycles. The molecule has 10 nitrogen and oxygen atoms in total. The van der Waals surface area contributed by atoms with Gasteiger partial charge >= 0.3 is 0 Å². The zero-order chi connectivity index (χ0) is 43.3. The molecule has 0 aliphatic rings. The number of pyridine rings is 2. The molecular weight excluding hydrogens is 836 g/mol. The maximum absolute atomic E-state index is 8.94. The molecule has 304 valence electrons. The van der Waals surface area contributed by atoms with Crippen molar-refractivity contribution in [1.29, 1.82) is 10.5 Å². The molecule has 0 amide bonds. The van der Waals surface area contributed by atoms with Crippen LogP contribution in [0.5, 0.6) is 0 Å². The molecular formula is C52H32Cl2N10. The van der Waals surface area contributed by atoms with Crippen molar-refractivity contribution in [2.75, 3.05) is 0 Å². The van der Waals surface area contributed by atoms with Gasteiger partial charge in [-0.15, -0.1) is 0 Å². The molecule has 12 heteroatoms. The largest absolute Gasteiger partial charge is 0.361 e. The third-order valence-corrected chi connectivity index (χ3v) is 12.3. The van der Waals surface area contributed by atoms with Crippen LogP contribution in [0.3, 0.4) is 0 Å². The van der Waals surface area contributed by atoms with Crippen LogP contribution in [-0.4, -0.2) is 39.0 Å². The van der Waals surface area contributed by atoms with Crippen LogP contribution in [0.1, 0.15) is 11.1 Å². The second-order valence-electron chi connectivity index (χ2n) is 15.5. The molecule has 64 heavy (non-hydrogen) atoms. The fraction of sp³-hybridized carbons (Fsp3) is 0.0385. The Labute approximate surface area is 375 Å². The van der Waals surface area contributed by atoms with Crippen molar-refractivity contribution in [3.8, 4) is 45.8 Å². The van der Waals surface area contributed by atoms with Gasteiger partial charge in [-0.2, -0.15) is 10.5 Å². The van der Waals surface area contributed by atoms with E-state index in [9.17, 15) is 0 Å². The molecule has 6 heterocycles. The molecule has 0 fully saturated rings. The van der Waals surface area contributed by atoms with Gasteiger partial charge in [0.2, 0.25) is 0 Å². The molecule has 0 saturated heterocycles. The van der Waals surface area contributed by atoms with E-state index in [4.69, 9.17) is 33.7 Å². The number of aromatic amines is 2. The second kappa shape index (κ2) is 15.9. The minimum atomic E-state index is 0.394. The molecule has 6 aromatic heterocycles. The standard InChI is InChI=1S/2C26H16ClN5/c2*27-22-13-24-21(12-20(22)17-3-6-23-18(11-17)8-10-29-23)26-25(14-30-24)31-15-32(26)19-4-1-16(2-5-19)7-9-28/h2*1-6,8,10-15,29H,7H2. The van der Waals surface area contributed by atoms with Crippen molar-refractivity contribution in [3.05, 3.63) is 180 Å². The highest BCUT2D eigenvalue weighted by molar-refractivity contribution is 6.35. The van der Waals surface area contributed by atoms with Gasteiger partial charge in [-0.1, -0.05) is 59.6 Å². The van der Waals surface area contributed by atoms with Gasteiger partial charge in [-0.25, -0.2) is 9.97 Å². The predicted molar refractivity (Wildman–Crippen MR) is 256 cm³/mol. The number of H-pyrrole nitrogens is 2. The normalized spacial score (nSPS) is 11.4. The number of halogens is 2. The van der Waals surface area contributed by atoms with Crippen molar-refractivity contribution in [3.63, 3.8) is 0 Å². The van der Waals surface area contributed by atoms with E-state index in [1.165, 1.54) is 0 Å². The average Bonchev–Trinajstić information content (AvgIpc) is 4.16. The topological polar surface area (TPSA) is 141 Å². The number of benzene rings is 6. The summed E-state index contributed by atoms with van der Waals surface area (Å²) in [7, 11) is 0. The van der Waals surface area contributed by atoms with Crippen molar-refractivity contribution < 1.29 is 0 Å². The summed E-state index contributed by atoms with van der Waals surface area (Å²) < 4.78 is 4.12. The number of aromatic nitrogens is 8. The van der Waals surface area contributed by atoms with Crippen molar-refractivity contribution >= 4 is 88.9 Å². The molecule has 0 aliphatic heterocycles. The summed E-state index contributed by atoms with van der Waals surface area (Å²) in [6.45, 7) is 0. The van der Waals surface area contributed by atoms with E-state index < -0.39 is 0 Å². The number of imidazole rings is 2. The van der Waals surface area contributed by atoms with Gasteiger partial charge in [0.15, 0.2) is 0 Å². The van der Waals surface area contributed by atoms with E-state index in [2.05, 4.69) is 112 Å². The van der Waals surface area contributed by atoms with Crippen LogP contribution in [0, 0.1) is 22.7 Å². The first-order valence-corrected chi connectivity index (χ1v) is 21.2. The summed E-state index contributed by atoms with van der Waals surface area (Å²) in [5.74, 6) is 0. The molecule has 0 unspecified atom stereocenters. The van der Waals surface area contributed by atoms with E-state index in [1.54, 1.807) is 12.4 Å². The molecule has 2 N–H and O–H groups in total. The fourth-order valence-electron chi connectivity index (χ4n) is 8.44. The van der Waals surface area contributed by atoms with Crippen molar-refractivity contribution in [1.82, 2.24) is 39.0 Å². The van der Waals surface area contributed by atoms with E-state index in [0.717, 1.165) is 110 Å². The number of hydrogen-bond donors (Lipinski definition) is 2. The van der Waals surface area contributed by atoms with E-state index >= 15 is 0 Å². The highest BCUT2D eigenvalue weighted by Gasteiger charge is 2.16. The van der Waals surface area contributed by atoms with E-state index in [1.807, 2.05) is 85.7 Å². The summed E-state index contributed by atoms with van der Waals surface area (Å²) in [6.07, 6.45) is 11.8. The Morgan fingerprint density at radius 1 is 0.484 bits per heavy atom. The molecule has 6 aromatic carbocycles. The molecule has 0 saturated carbocycles. The van der Waals surface area contributed by atoms with E-state index in [0.29, 0.717) is 22.9 Å². The lowest BCUT2D eigenvalue weighted by Crippen LogP contribution is -1.94. The Balaban J connectivity index is 0.000000143. The molecule has 0 radical (unpaired) electrons. The summed E-state index contributed by atoms with van der Waals surface area (Å²) in [5.41, 5.74) is 15.3. The van der Waals surface area contributed by atoms with Crippen LogP contribution in [0.4, 0.5) is 0 Å². The first-order valence-electron chi connectivity index (χ1n) is 20.4. The molecule has 12 aromatic rings. The predicted octanol–water partition coefficient (Wildman–Crippen LogP) is 12.9. The number of nitrogens with one attached hydrogen (secondary N) is 2. The Morgan fingerprint density at radius 3 is 1.34 bits per heavy atom. The lowest BCUT2D eigenvalue weighted by atomic mass is 10.0. The fourth-order valence-corrected chi connectivity index (χ4v) is 8.97. The number of nitriles is 2. The van der Waals surface area contributed by atoms with E-state index in [-0.39, 0.29) is 0 Å². The Hall–Kier alpha value is -8.28. The van der Waals surface area contributed by atoms with Crippen LogP contribution < -0.4 is 0 Å². The van der Waals surface area contributed by atoms with Crippen molar-refractivity contribution in [2.45, 2.75) is 12.8 Å². The van der Waals surface area contributed by atoms with Crippen LogP contribution in [0.2, 0.25) is 10.0 Å². The third kappa shape index (κ3) is 6.84. The SMILES string of the molecule is N#CCc1ccc(-n2cnc3cnc4cc(Cl)c(-c5ccc6[nH]ccc6c5)cc4c32)cc1.N#CCc1ccc(-n2cnc3cnc4cc(Cl)c(-c5ccc6[nH]ccc6c5)cc4c32)cc1. The number of rotatable bonds is 6. The van der Waals surface area contributed by atoms with Crippen LogP contribution in [-0.2, 0) is 12.8 Å². The molecule has 12 rings (SSSR count). The minimum Gasteiger partial charge on any atom is -0.361 e. The Kier molecular flexibility index (Phi) is 9.58. The van der Waals surface area contributed by atoms with Gasteiger partial charge in [0.05, 0.1) is 69.5 Å². The highest BCUT2D eigenvalue weighted by atomic mass is 35.5. The maximum Gasteiger partial charge on any atom is 0.108 e. The van der Waals surface area contributed by atoms with Crippen LogP contribution >= 0.6 is 23.2 Å². The van der Waals surface area contributed by atoms with Gasteiger partial charge in [0.25, 0.3) is 0 Å². The van der Waals surface area contributed by atoms with Gasteiger partial charge < -0.3 is 9.97 Å². The van der Waals surface area contributed by atoms with Gasteiger partial charge in [-0.05, 0) is 118 Å². The van der Waals surface area contributed by atoms with Crippen LogP contribution in [0.25, 0.3) is 99.3 Å². The second-order valence-corrected chi connectivity index (χ2v) is 16.3. The Bertz CT molecular complexity index is 3590. The Morgan fingerprint density at radius 2 is 0.922 bits per heavy atom. The van der Waals surface area contributed by atoms with Gasteiger partial charge in [-0.3, -0.25) is 19.1 Å². The summed E-state index contributed by atoms with van der Waals surface area (Å²) in [6, 6.07) is 45.0. The highest BCUT2D eigenvalue weighted by Crippen LogP contribution is 2.38. The van der Waals surface area contributed by atoms with Crippen molar-refractivity contribution in [2.24, 2.45) is 0 Å². The summed E-state index contributed by atoms with van der Waals surface area (Å²) >= 11 is 13.4. The van der Waals surface area contributed by atoms with Gasteiger partial charge in [0, 0.05) is 56.7 Å². The monoisotopic (exact) mass is 866 g/mol. The lowest BCUT2D eigenvalue weighted by molar-refractivity contribution is 1.09. The number of nitrogens with zero attached hydrogens (tertiary/aromatic N) is 8. The smallest absolute Gasteiger partial charge is 0.108 e. The van der Waals surface area contributed by atoms with Gasteiger partial charge in [0.1, 0.15) is 23.7 Å². The zero-order valence-electron chi connectivity index (χ0n) is 33.8. The zero-order valence-corrected chi connectivity index (χ0v) is 35.3. The lowest BCUT2D eigenvalue weighted by Gasteiger charge is -2.11. The first-order chi connectivity index (χ1) is 31.4. The third-order valence-electron chi connectivity index (χ3n) is 11.6. The summed E-state index contributed by atoms with van der Waals surface area (Å²) in [4.78, 5) is 24.8. The molecule has 0 bridgehead atoms. The van der Waals surface area contributed by atoms with Crippen LogP contribution in [0.15, 0.2) is 159 Å². The summed E-state index contributed by atoms with van der Waals surface area (Å²) in [5, 5.41) is 23.4. The number of fused-ring (bicyclic) bond motifs is 8. The average molecular weight is 868 g/mol. The maximum atomic E-state index is 8.94. The quantitative estimate of drug-likeness (QED) is 0.170. The molecule has 0 spiro atoms. The molecule has 0 atom stereocenters. The first kappa shape index (κ1) is 38.6. The minimum absolute atomic E-state index is 0.394. The number of hydrogen-bond acceptors (Lipinski definition) is 6.